The van der Waals surface area contributed by atoms with Crippen LogP contribution in [0.5, 0.6) is 0 Å². The third-order valence-electron chi connectivity index (χ3n) is 3.41. The second-order valence-electron chi connectivity index (χ2n) is 5.07. The molecule has 0 spiro atoms. The maximum Gasteiger partial charge on any atom is 0.225 e. The fraction of sp³-hybridized carbons (Fsp3) is 0.923. The molecule has 1 fully saturated rings. The highest BCUT2D eigenvalue weighted by Crippen LogP contribution is 2.13. The van der Waals surface area contributed by atoms with E-state index in [9.17, 15) is 4.79 Å². The van der Waals surface area contributed by atoms with Gasteiger partial charge in [-0.2, -0.15) is 0 Å². The van der Waals surface area contributed by atoms with Gasteiger partial charge in [0.25, 0.3) is 0 Å². The van der Waals surface area contributed by atoms with Crippen LogP contribution >= 0.6 is 0 Å². The Bertz CT molecular complexity index is 221. The molecule has 4 nitrogen and oxygen atoms in total. The van der Waals surface area contributed by atoms with Crippen LogP contribution in [0, 0.1) is 11.8 Å². The van der Waals surface area contributed by atoms with Gasteiger partial charge in [0, 0.05) is 25.6 Å². The largest absolute Gasteiger partial charge is 0.378 e. The zero-order valence-electron chi connectivity index (χ0n) is 11.4. The fourth-order valence-electron chi connectivity index (χ4n) is 1.85. The van der Waals surface area contributed by atoms with E-state index in [1.54, 1.807) is 0 Å². The van der Waals surface area contributed by atoms with Crippen LogP contribution in [0.25, 0.3) is 0 Å². The fourth-order valence-corrected chi connectivity index (χ4v) is 1.85. The molecule has 1 N–H and O–H groups in total. The van der Waals surface area contributed by atoms with Crippen molar-refractivity contribution in [3.8, 4) is 0 Å². The summed E-state index contributed by atoms with van der Waals surface area (Å²) in [6.07, 6.45) is 1.02. The van der Waals surface area contributed by atoms with Gasteiger partial charge in [-0.05, 0) is 18.9 Å². The van der Waals surface area contributed by atoms with Crippen molar-refractivity contribution in [1.82, 2.24) is 10.2 Å². The van der Waals surface area contributed by atoms with Crippen LogP contribution in [0.1, 0.15) is 27.2 Å². The first-order valence-electron chi connectivity index (χ1n) is 6.70. The number of hydrogen-bond acceptors (Lipinski definition) is 3. The first-order chi connectivity index (χ1) is 8.13. The average molecular weight is 242 g/mol. The zero-order valence-corrected chi connectivity index (χ0v) is 11.4. The lowest BCUT2D eigenvalue weighted by Crippen LogP contribution is -2.41. The third kappa shape index (κ3) is 5.04. The summed E-state index contributed by atoms with van der Waals surface area (Å²) < 4.78 is 5.47. The molecule has 1 rings (SSSR count). The van der Waals surface area contributed by atoms with Crippen LogP contribution < -0.4 is 5.32 Å². The van der Waals surface area contributed by atoms with Crippen molar-refractivity contribution in [2.24, 2.45) is 11.8 Å². The Morgan fingerprint density at radius 1 is 1.18 bits per heavy atom. The molecule has 0 aromatic heterocycles. The number of amides is 1. The summed E-state index contributed by atoms with van der Waals surface area (Å²) >= 11 is 0. The van der Waals surface area contributed by atoms with E-state index in [1.807, 2.05) is 11.8 Å². The van der Waals surface area contributed by atoms with E-state index >= 15 is 0 Å². The minimum absolute atomic E-state index is 0.103. The van der Waals surface area contributed by atoms with Gasteiger partial charge in [0.05, 0.1) is 13.2 Å². The van der Waals surface area contributed by atoms with Gasteiger partial charge in [0.15, 0.2) is 0 Å². The van der Waals surface area contributed by atoms with Crippen LogP contribution in [0.3, 0.4) is 0 Å². The summed E-state index contributed by atoms with van der Waals surface area (Å²) in [7, 11) is 0. The van der Waals surface area contributed by atoms with E-state index < -0.39 is 0 Å². The highest BCUT2D eigenvalue weighted by atomic mass is 16.5. The van der Waals surface area contributed by atoms with Crippen molar-refractivity contribution in [3.05, 3.63) is 0 Å². The molecule has 4 heteroatoms. The first kappa shape index (κ1) is 14.5. The van der Waals surface area contributed by atoms with Gasteiger partial charge in [0.2, 0.25) is 5.91 Å². The van der Waals surface area contributed by atoms with Crippen LogP contribution in [0.4, 0.5) is 0 Å². The van der Waals surface area contributed by atoms with Crippen LogP contribution in [0.2, 0.25) is 0 Å². The van der Waals surface area contributed by atoms with E-state index in [4.69, 9.17) is 4.74 Å². The van der Waals surface area contributed by atoms with E-state index in [1.165, 1.54) is 0 Å². The van der Waals surface area contributed by atoms with Crippen molar-refractivity contribution in [3.63, 3.8) is 0 Å². The number of nitrogens with one attached hydrogen (secondary N) is 1. The molecule has 0 radical (unpaired) electrons. The average Bonchev–Trinajstić information content (AvgIpc) is 2.33. The molecule has 1 heterocycles. The van der Waals surface area contributed by atoms with Crippen LogP contribution in [-0.2, 0) is 9.53 Å². The number of rotatable bonds is 2. The molecule has 0 aliphatic carbocycles. The van der Waals surface area contributed by atoms with Crippen molar-refractivity contribution in [2.45, 2.75) is 27.2 Å². The summed E-state index contributed by atoms with van der Waals surface area (Å²) in [4.78, 5) is 14.2. The summed E-state index contributed by atoms with van der Waals surface area (Å²) in [5, 5.41) is 3.30. The summed E-state index contributed by atoms with van der Waals surface area (Å²) in [6, 6.07) is 0. The molecule has 1 saturated heterocycles. The second kappa shape index (κ2) is 7.67. The third-order valence-corrected chi connectivity index (χ3v) is 3.41. The summed E-state index contributed by atoms with van der Waals surface area (Å²) in [5.41, 5.74) is 0. The number of carbonyl (C=O) groups excluding carboxylic acids is 1. The van der Waals surface area contributed by atoms with E-state index in [2.05, 4.69) is 19.2 Å². The molecular weight excluding hydrogens is 216 g/mol. The SMILES string of the molecule is CC(C)C(C)C(=O)N1CCCNCCOCC1. The predicted molar refractivity (Wildman–Crippen MR) is 68.9 cm³/mol. The number of hydrogen-bond donors (Lipinski definition) is 1. The molecule has 1 amide bonds. The number of nitrogens with zero attached hydrogens (tertiary/aromatic N) is 1. The van der Waals surface area contributed by atoms with Gasteiger partial charge in [0.1, 0.15) is 0 Å². The maximum atomic E-state index is 12.3. The molecule has 1 atom stereocenters. The van der Waals surface area contributed by atoms with Crippen molar-refractivity contribution >= 4 is 5.91 Å². The normalized spacial score (nSPS) is 21.3. The molecule has 1 aliphatic heterocycles. The molecule has 0 saturated carbocycles. The van der Waals surface area contributed by atoms with Gasteiger partial charge in [-0.1, -0.05) is 20.8 Å². The maximum absolute atomic E-state index is 12.3. The zero-order chi connectivity index (χ0) is 12.7. The Labute approximate surface area is 105 Å². The Morgan fingerprint density at radius 2 is 1.94 bits per heavy atom. The van der Waals surface area contributed by atoms with E-state index in [-0.39, 0.29) is 11.8 Å². The van der Waals surface area contributed by atoms with Gasteiger partial charge in [-0.15, -0.1) is 0 Å². The molecule has 1 unspecified atom stereocenters. The van der Waals surface area contributed by atoms with Crippen LogP contribution in [-0.4, -0.2) is 50.2 Å². The quantitative estimate of drug-likeness (QED) is 0.789. The monoisotopic (exact) mass is 242 g/mol. The standard InChI is InChI=1S/C13H26N2O2/c1-11(2)12(3)13(16)15-7-4-5-14-6-9-17-10-8-15/h11-12,14H,4-10H2,1-3H3. The van der Waals surface area contributed by atoms with Crippen molar-refractivity contribution < 1.29 is 9.53 Å². The van der Waals surface area contributed by atoms with E-state index in [0.717, 1.165) is 39.2 Å². The Morgan fingerprint density at radius 3 is 2.65 bits per heavy atom. The minimum Gasteiger partial charge on any atom is -0.378 e. The molecule has 17 heavy (non-hydrogen) atoms. The molecule has 1 aliphatic rings. The Kier molecular flexibility index (Phi) is 6.52. The lowest BCUT2D eigenvalue weighted by atomic mass is 9.96. The molecule has 0 aromatic carbocycles. The van der Waals surface area contributed by atoms with Crippen molar-refractivity contribution in [1.29, 1.82) is 0 Å². The number of carbonyl (C=O) groups is 1. The smallest absolute Gasteiger partial charge is 0.225 e. The summed E-state index contributed by atoms with van der Waals surface area (Å²) in [5.74, 6) is 0.770. The van der Waals surface area contributed by atoms with Crippen LogP contribution in [0.15, 0.2) is 0 Å². The predicted octanol–water partition coefficient (Wildman–Crippen LogP) is 1.12. The van der Waals surface area contributed by atoms with Crippen molar-refractivity contribution in [2.75, 3.05) is 39.4 Å². The summed E-state index contributed by atoms with van der Waals surface area (Å²) in [6.45, 7) is 11.1. The molecule has 0 aromatic rings. The highest BCUT2D eigenvalue weighted by Gasteiger charge is 2.22. The molecular formula is C13H26N2O2. The highest BCUT2D eigenvalue weighted by molar-refractivity contribution is 5.78. The van der Waals surface area contributed by atoms with Gasteiger partial charge >= 0.3 is 0 Å². The van der Waals surface area contributed by atoms with Gasteiger partial charge in [-0.25, -0.2) is 0 Å². The Balaban J connectivity index is 2.49. The number of ether oxygens (including phenoxy) is 1. The lowest BCUT2D eigenvalue weighted by Gasteiger charge is -2.28. The Hall–Kier alpha value is -0.610. The van der Waals surface area contributed by atoms with E-state index in [0.29, 0.717) is 12.5 Å². The molecule has 0 bridgehead atoms. The lowest BCUT2D eigenvalue weighted by molar-refractivity contribution is -0.137. The second-order valence-corrected chi connectivity index (χ2v) is 5.07. The first-order valence-corrected chi connectivity index (χ1v) is 6.70. The minimum atomic E-state index is 0.103. The van der Waals surface area contributed by atoms with Gasteiger partial charge in [-0.3, -0.25) is 4.79 Å². The molecule has 100 valence electrons. The topological polar surface area (TPSA) is 41.6 Å². The van der Waals surface area contributed by atoms with Gasteiger partial charge < -0.3 is 15.0 Å².